The van der Waals surface area contributed by atoms with Crippen LogP contribution in [0.5, 0.6) is 0 Å². The van der Waals surface area contributed by atoms with Gasteiger partial charge in [0.2, 0.25) is 5.79 Å². The summed E-state index contributed by atoms with van der Waals surface area (Å²) in [6, 6.07) is 13.4. The van der Waals surface area contributed by atoms with Crippen LogP contribution in [0.4, 0.5) is 0 Å². The van der Waals surface area contributed by atoms with Gasteiger partial charge in [-0.2, -0.15) is 0 Å². The smallest absolute Gasteiger partial charge is 0.329 e. The Morgan fingerprint density at radius 1 is 0.866 bits per heavy atom. The summed E-state index contributed by atoms with van der Waals surface area (Å²) in [6.07, 6.45) is 4.84. The molecule has 3 aliphatic heterocycles. The molecule has 3 fully saturated rings. The minimum Gasteiger partial charge on any atom is -0.456 e. The average molecular weight is 932 g/mol. The number of carbonyl (C=O) groups excluding carboxylic acids is 4. The van der Waals surface area contributed by atoms with E-state index in [0.717, 1.165) is 29.4 Å². The van der Waals surface area contributed by atoms with E-state index >= 15 is 0 Å². The van der Waals surface area contributed by atoms with Gasteiger partial charge in [-0.3, -0.25) is 14.4 Å². The van der Waals surface area contributed by atoms with Crippen molar-refractivity contribution < 1.29 is 57.8 Å². The molecule has 2 aromatic carbocycles. The SMILES string of the molecule is CCC1C=C(C)CC(C)CC(OC)C2OC(O)(C(=O)C(=O)N3CCCCC3C(=O)OC(C(C)=CC3CCC(OCc4ccc5ccccc5c4)C(OC)C3)C(C)C(O)CC1=O)C(C)CC2OC. The van der Waals surface area contributed by atoms with Crippen LogP contribution in [0.1, 0.15) is 118 Å². The first kappa shape index (κ1) is 52.5. The largest absolute Gasteiger partial charge is 0.456 e. The molecule has 67 heavy (non-hydrogen) atoms. The molecule has 2 saturated heterocycles. The van der Waals surface area contributed by atoms with Gasteiger partial charge in [-0.25, -0.2) is 4.79 Å². The number of hydrogen-bond donors (Lipinski definition) is 2. The number of ether oxygens (including phenoxy) is 6. The maximum atomic E-state index is 14.6. The molecule has 14 atom stereocenters. The Balaban J connectivity index is 1.28. The summed E-state index contributed by atoms with van der Waals surface area (Å²) in [4.78, 5) is 58.5. The van der Waals surface area contributed by atoms with Gasteiger partial charge in [0, 0.05) is 52.0 Å². The molecule has 0 aromatic heterocycles. The Morgan fingerprint density at radius 2 is 1.57 bits per heavy atom. The van der Waals surface area contributed by atoms with Crippen molar-refractivity contribution in [3.05, 3.63) is 71.3 Å². The van der Waals surface area contributed by atoms with E-state index in [1.807, 2.05) is 39.0 Å². The lowest BCUT2D eigenvalue weighted by Gasteiger charge is -2.47. The summed E-state index contributed by atoms with van der Waals surface area (Å²) in [6.45, 7) is 11.8. The average Bonchev–Trinajstić information content (AvgIpc) is 3.33. The zero-order chi connectivity index (χ0) is 48.6. The summed E-state index contributed by atoms with van der Waals surface area (Å²) in [5.74, 6) is -7.45. The first-order valence-electron chi connectivity index (χ1n) is 24.7. The number of cyclic esters (lactones) is 1. The van der Waals surface area contributed by atoms with Gasteiger partial charge < -0.3 is 43.5 Å². The van der Waals surface area contributed by atoms with Crippen molar-refractivity contribution in [2.45, 2.75) is 173 Å². The van der Waals surface area contributed by atoms with Crippen molar-refractivity contribution in [3.63, 3.8) is 0 Å². The summed E-state index contributed by atoms with van der Waals surface area (Å²) in [5.41, 5.74) is 2.79. The van der Waals surface area contributed by atoms with Gasteiger partial charge in [-0.1, -0.05) is 81.8 Å². The highest BCUT2D eigenvalue weighted by atomic mass is 16.7. The molecule has 0 spiro atoms. The standard InChI is InChI=1S/C54H77NO12/c1-10-39-24-32(2)23-33(3)25-47(63-8)50-48(64-9)27-35(5)54(61,67-50)51(58)52(59)55-22-14-13-17-42(55)53(60)66-49(36(6)43(56)30-44(39)57)34(4)26-37-19-21-45(46(29-37)62-7)65-31-38-18-20-40-15-11-12-16-41(40)28-38/h11-12,15-16,18,20,24,26,28,33,35-37,39,42-43,45-50,56,61H,10,13-14,17,19,21-23,25,27,29-31H2,1-9H3. The monoisotopic (exact) mass is 932 g/mol. The number of esters is 1. The molecule has 6 rings (SSSR count). The Kier molecular flexibility index (Phi) is 18.6. The Bertz CT molecular complexity index is 2080. The molecular weight excluding hydrogens is 855 g/mol. The molecule has 4 aliphatic rings. The molecule has 13 heteroatoms. The van der Waals surface area contributed by atoms with E-state index in [1.54, 1.807) is 35.2 Å². The zero-order valence-corrected chi connectivity index (χ0v) is 41.3. The van der Waals surface area contributed by atoms with Crippen LogP contribution in [0.25, 0.3) is 10.8 Å². The molecule has 2 bridgehead atoms. The van der Waals surface area contributed by atoms with E-state index in [0.29, 0.717) is 50.7 Å². The number of amides is 1. The van der Waals surface area contributed by atoms with E-state index in [1.165, 1.54) is 10.3 Å². The van der Waals surface area contributed by atoms with Gasteiger partial charge >= 0.3 is 5.97 Å². The number of nitrogens with zero attached hydrogens (tertiary/aromatic N) is 1. The summed E-state index contributed by atoms with van der Waals surface area (Å²) < 4.78 is 37.0. The number of aliphatic hydroxyl groups is 2. The van der Waals surface area contributed by atoms with E-state index in [4.69, 9.17) is 28.4 Å². The fraction of sp³-hybridized carbons (Fsp3) is 0.667. The Labute approximate surface area is 397 Å². The van der Waals surface area contributed by atoms with E-state index in [-0.39, 0.29) is 55.6 Å². The number of benzene rings is 2. The fourth-order valence-electron chi connectivity index (χ4n) is 11.1. The number of allylic oxidation sites excluding steroid dienone is 3. The van der Waals surface area contributed by atoms with Crippen molar-refractivity contribution in [1.29, 1.82) is 0 Å². The van der Waals surface area contributed by atoms with Gasteiger partial charge in [-0.15, -0.1) is 0 Å². The number of piperidine rings is 1. The predicted octanol–water partition coefficient (Wildman–Crippen LogP) is 7.85. The minimum atomic E-state index is -2.51. The highest BCUT2D eigenvalue weighted by molar-refractivity contribution is 6.39. The van der Waals surface area contributed by atoms with E-state index in [9.17, 15) is 29.4 Å². The minimum absolute atomic E-state index is 0.0307. The maximum absolute atomic E-state index is 14.6. The van der Waals surface area contributed by atoms with Crippen LogP contribution in [-0.4, -0.2) is 121 Å². The van der Waals surface area contributed by atoms with Crippen LogP contribution in [0.2, 0.25) is 0 Å². The number of Topliss-reactive ketones (excluding diaryl/α,β-unsaturated/α-hetero) is 2. The first-order valence-corrected chi connectivity index (χ1v) is 24.7. The fourth-order valence-corrected chi connectivity index (χ4v) is 11.1. The first-order chi connectivity index (χ1) is 32.0. The number of aliphatic hydroxyl groups excluding tert-OH is 1. The summed E-state index contributed by atoms with van der Waals surface area (Å²) in [5, 5.41) is 26.3. The normalized spacial score (nSPS) is 35.9. The molecule has 0 radical (unpaired) electrons. The zero-order valence-electron chi connectivity index (χ0n) is 41.3. The van der Waals surface area contributed by atoms with E-state index in [2.05, 4.69) is 43.3 Å². The summed E-state index contributed by atoms with van der Waals surface area (Å²) in [7, 11) is 4.77. The molecule has 13 nitrogen and oxygen atoms in total. The molecule has 14 unspecified atom stereocenters. The van der Waals surface area contributed by atoms with Gasteiger partial charge in [0.25, 0.3) is 11.7 Å². The van der Waals surface area contributed by atoms with Crippen LogP contribution >= 0.6 is 0 Å². The highest BCUT2D eigenvalue weighted by Crippen LogP contribution is 2.39. The van der Waals surface area contributed by atoms with Crippen molar-refractivity contribution >= 4 is 34.2 Å². The number of hydrogen-bond acceptors (Lipinski definition) is 12. The third-order valence-corrected chi connectivity index (χ3v) is 15.1. The topological polar surface area (TPSA) is 167 Å². The van der Waals surface area contributed by atoms with Crippen molar-refractivity contribution in [3.8, 4) is 0 Å². The second-order valence-electron chi connectivity index (χ2n) is 20.1. The lowest BCUT2D eigenvalue weighted by Crippen LogP contribution is -2.64. The molecule has 1 aliphatic carbocycles. The molecule has 1 amide bonds. The number of rotatable bonds is 9. The van der Waals surface area contributed by atoms with Crippen LogP contribution < -0.4 is 0 Å². The third-order valence-electron chi connectivity index (χ3n) is 15.1. The third kappa shape index (κ3) is 12.5. The molecule has 3 heterocycles. The van der Waals surface area contributed by atoms with Crippen LogP contribution in [-0.2, 0) is 54.2 Å². The molecular formula is C54H77NO12. The maximum Gasteiger partial charge on any atom is 0.329 e. The lowest BCUT2D eigenvalue weighted by molar-refractivity contribution is -0.302. The molecule has 370 valence electrons. The van der Waals surface area contributed by atoms with Crippen LogP contribution in [0.15, 0.2) is 65.8 Å². The second-order valence-corrected chi connectivity index (χ2v) is 20.1. The Hall–Kier alpha value is -3.82. The van der Waals surface area contributed by atoms with Crippen molar-refractivity contribution in [1.82, 2.24) is 4.90 Å². The van der Waals surface area contributed by atoms with Crippen LogP contribution in [0.3, 0.4) is 0 Å². The molecule has 1 saturated carbocycles. The predicted molar refractivity (Wildman–Crippen MR) is 255 cm³/mol. The van der Waals surface area contributed by atoms with Gasteiger partial charge in [-0.05, 0) is 118 Å². The van der Waals surface area contributed by atoms with Gasteiger partial charge in [0.15, 0.2) is 0 Å². The number of carbonyl (C=O) groups is 4. The highest BCUT2D eigenvalue weighted by Gasteiger charge is 2.56. The van der Waals surface area contributed by atoms with E-state index < -0.39 is 77.8 Å². The Morgan fingerprint density at radius 3 is 2.27 bits per heavy atom. The van der Waals surface area contributed by atoms with Crippen molar-refractivity contribution in [2.75, 3.05) is 27.9 Å². The van der Waals surface area contributed by atoms with Gasteiger partial charge in [0.1, 0.15) is 24.0 Å². The van der Waals surface area contributed by atoms with Gasteiger partial charge in [0.05, 0.1) is 37.1 Å². The van der Waals surface area contributed by atoms with Crippen LogP contribution in [0, 0.1) is 29.6 Å². The second kappa shape index (κ2) is 23.7. The molecule has 2 N–H and O–H groups in total. The lowest BCUT2D eigenvalue weighted by atomic mass is 9.81. The number of ketones is 2. The molecule has 2 aromatic rings. The number of methoxy groups -OCH3 is 3. The van der Waals surface area contributed by atoms with Crippen molar-refractivity contribution in [2.24, 2.45) is 29.6 Å². The summed E-state index contributed by atoms with van der Waals surface area (Å²) >= 11 is 0. The quantitative estimate of drug-likeness (QED) is 0.142. The number of fused-ring (bicyclic) bond motifs is 4.